The summed E-state index contributed by atoms with van der Waals surface area (Å²) in [6.45, 7) is 3.28. The van der Waals surface area contributed by atoms with Crippen molar-refractivity contribution in [3.63, 3.8) is 0 Å². The maximum absolute atomic E-state index is 12.7. The Morgan fingerprint density at radius 3 is 2.72 bits per heavy atom. The molecule has 5 rings (SSSR count). The zero-order valence-corrected chi connectivity index (χ0v) is 14.2. The van der Waals surface area contributed by atoms with E-state index in [4.69, 9.17) is 9.47 Å². The predicted molar refractivity (Wildman–Crippen MR) is 90.8 cm³/mol. The molecule has 6 nitrogen and oxygen atoms in total. The second-order valence-corrected chi connectivity index (χ2v) is 7.77. The Kier molecular flexibility index (Phi) is 3.24. The SMILES string of the molecule is O=C(C1CC1)N1CC[C@@]2(CC(=O)N(c3ccc4c(c3)OCCO4)C2)C1. The maximum atomic E-state index is 12.7. The van der Waals surface area contributed by atoms with Crippen molar-refractivity contribution < 1.29 is 19.1 Å². The summed E-state index contributed by atoms with van der Waals surface area (Å²) < 4.78 is 11.2. The topological polar surface area (TPSA) is 59.1 Å². The van der Waals surface area contributed by atoms with Crippen LogP contribution in [-0.2, 0) is 9.59 Å². The van der Waals surface area contributed by atoms with E-state index in [2.05, 4.69) is 0 Å². The van der Waals surface area contributed by atoms with Crippen molar-refractivity contribution in [2.45, 2.75) is 25.7 Å². The van der Waals surface area contributed by atoms with Gasteiger partial charge in [-0.1, -0.05) is 0 Å². The number of rotatable bonds is 2. The molecule has 2 amide bonds. The van der Waals surface area contributed by atoms with Crippen molar-refractivity contribution in [3.05, 3.63) is 18.2 Å². The van der Waals surface area contributed by atoms with E-state index in [1.807, 2.05) is 28.0 Å². The number of carbonyl (C=O) groups excluding carboxylic acids is 2. The monoisotopic (exact) mass is 342 g/mol. The van der Waals surface area contributed by atoms with Crippen LogP contribution < -0.4 is 14.4 Å². The summed E-state index contributed by atoms with van der Waals surface area (Å²) in [5, 5.41) is 0. The standard InChI is InChI=1S/C19H22N2O4/c22-17-10-19(5-6-20(11-19)18(23)13-1-2-13)12-21(17)14-3-4-15-16(9-14)25-8-7-24-15/h3-4,9,13H,1-2,5-8,10-12H2/t19-/m1/s1. The summed E-state index contributed by atoms with van der Waals surface area (Å²) in [6, 6.07) is 5.69. The lowest BCUT2D eigenvalue weighted by molar-refractivity contribution is -0.132. The van der Waals surface area contributed by atoms with Crippen LogP contribution in [0.25, 0.3) is 0 Å². The highest BCUT2D eigenvalue weighted by molar-refractivity contribution is 5.97. The van der Waals surface area contributed by atoms with Crippen LogP contribution in [0.3, 0.4) is 0 Å². The number of hydrogen-bond acceptors (Lipinski definition) is 4. The van der Waals surface area contributed by atoms with E-state index in [1.54, 1.807) is 0 Å². The predicted octanol–water partition coefficient (Wildman–Crippen LogP) is 1.82. The van der Waals surface area contributed by atoms with Crippen LogP contribution in [0.2, 0.25) is 0 Å². The van der Waals surface area contributed by atoms with Gasteiger partial charge in [0.15, 0.2) is 11.5 Å². The lowest BCUT2D eigenvalue weighted by atomic mass is 9.86. The molecule has 0 aromatic heterocycles. The van der Waals surface area contributed by atoms with Gasteiger partial charge in [0.1, 0.15) is 13.2 Å². The second kappa shape index (κ2) is 5.38. The van der Waals surface area contributed by atoms with Gasteiger partial charge in [0.2, 0.25) is 11.8 Å². The molecule has 1 spiro atoms. The van der Waals surface area contributed by atoms with Gasteiger partial charge in [-0.25, -0.2) is 0 Å². The van der Waals surface area contributed by atoms with Gasteiger partial charge < -0.3 is 19.3 Å². The van der Waals surface area contributed by atoms with Crippen LogP contribution in [0.5, 0.6) is 11.5 Å². The van der Waals surface area contributed by atoms with E-state index < -0.39 is 0 Å². The number of fused-ring (bicyclic) bond motifs is 1. The minimum atomic E-state index is -0.0884. The van der Waals surface area contributed by atoms with Crippen molar-refractivity contribution >= 4 is 17.5 Å². The molecule has 3 fully saturated rings. The molecule has 25 heavy (non-hydrogen) atoms. The molecule has 3 aliphatic heterocycles. The van der Waals surface area contributed by atoms with Crippen LogP contribution in [0.1, 0.15) is 25.7 Å². The van der Waals surface area contributed by atoms with E-state index >= 15 is 0 Å². The van der Waals surface area contributed by atoms with Gasteiger partial charge in [0.05, 0.1) is 0 Å². The first-order valence-electron chi connectivity index (χ1n) is 9.12. The molecular weight excluding hydrogens is 320 g/mol. The van der Waals surface area contributed by atoms with E-state index in [-0.39, 0.29) is 17.2 Å². The van der Waals surface area contributed by atoms with Gasteiger partial charge in [-0.2, -0.15) is 0 Å². The summed E-state index contributed by atoms with van der Waals surface area (Å²) in [6.07, 6.45) is 3.50. The van der Waals surface area contributed by atoms with Gasteiger partial charge in [-0.3, -0.25) is 9.59 Å². The summed E-state index contributed by atoms with van der Waals surface area (Å²) in [7, 11) is 0. The molecule has 3 heterocycles. The Hall–Kier alpha value is -2.24. The van der Waals surface area contributed by atoms with Crippen molar-refractivity contribution in [1.82, 2.24) is 4.90 Å². The number of nitrogens with zero attached hydrogens (tertiary/aromatic N) is 2. The lowest BCUT2D eigenvalue weighted by Gasteiger charge is -2.25. The first-order chi connectivity index (χ1) is 12.1. The third kappa shape index (κ3) is 2.55. The number of benzene rings is 1. The highest BCUT2D eigenvalue weighted by atomic mass is 16.6. The summed E-state index contributed by atoms with van der Waals surface area (Å²) in [4.78, 5) is 28.9. The molecule has 2 saturated heterocycles. The number of likely N-dealkylation sites (tertiary alicyclic amines) is 1. The van der Waals surface area contributed by atoms with Gasteiger partial charge in [0, 0.05) is 49.1 Å². The van der Waals surface area contributed by atoms with E-state index in [0.717, 1.165) is 43.8 Å². The summed E-state index contributed by atoms with van der Waals surface area (Å²) in [5.74, 6) is 2.12. The maximum Gasteiger partial charge on any atom is 0.227 e. The smallest absolute Gasteiger partial charge is 0.227 e. The van der Waals surface area contributed by atoms with E-state index in [1.165, 1.54) is 0 Å². The molecule has 1 aliphatic carbocycles. The van der Waals surface area contributed by atoms with Gasteiger partial charge in [0.25, 0.3) is 0 Å². The van der Waals surface area contributed by atoms with Crippen molar-refractivity contribution in [1.29, 1.82) is 0 Å². The highest BCUT2D eigenvalue weighted by Crippen LogP contribution is 2.44. The fourth-order valence-corrected chi connectivity index (χ4v) is 4.32. The first-order valence-corrected chi connectivity index (χ1v) is 9.12. The Bertz CT molecular complexity index is 745. The average Bonchev–Trinajstić information content (AvgIpc) is 3.33. The zero-order valence-electron chi connectivity index (χ0n) is 14.2. The molecule has 0 bridgehead atoms. The van der Waals surface area contributed by atoms with Crippen molar-refractivity contribution in [3.8, 4) is 11.5 Å². The fourth-order valence-electron chi connectivity index (χ4n) is 4.32. The first kappa shape index (κ1) is 15.0. The second-order valence-electron chi connectivity index (χ2n) is 7.77. The lowest BCUT2D eigenvalue weighted by Crippen LogP contribution is -2.34. The Morgan fingerprint density at radius 2 is 1.92 bits per heavy atom. The number of hydrogen-bond donors (Lipinski definition) is 0. The van der Waals surface area contributed by atoms with Crippen LogP contribution >= 0.6 is 0 Å². The molecule has 1 aromatic rings. The number of ether oxygens (including phenoxy) is 2. The Labute approximate surface area is 146 Å². The fraction of sp³-hybridized carbons (Fsp3) is 0.579. The number of anilines is 1. The summed E-state index contributed by atoms with van der Waals surface area (Å²) >= 11 is 0. The zero-order chi connectivity index (χ0) is 17.0. The average molecular weight is 342 g/mol. The molecule has 1 aromatic carbocycles. The largest absolute Gasteiger partial charge is 0.486 e. The summed E-state index contributed by atoms with van der Waals surface area (Å²) in [5.41, 5.74) is 0.771. The Balaban J connectivity index is 1.34. The molecule has 132 valence electrons. The highest BCUT2D eigenvalue weighted by Gasteiger charge is 2.50. The van der Waals surface area contributed by atoms with E-state index in [0.29, 0.717) is 37.8 Å². The van der Waals surface area contributed by atoms with Gasteiger partial charge >= 0.3 is 0 Å². The van der Waals surface area contributed by atoms with Gasteiger partial charge in [-0.05, 0) is 31.4 Å². The molecule has 0 unspecified atom stereocenters. The molecule has 1 atom stereocenters. The van der Waals surface area contributed by atoms with Crippen molar-refractivity contribution in [2.24, 2.45) is 11.3 Å². The normalized spacial score (nSPS) is 28.1. The number of carbonyl (C=O) groups is 2. The van der Waals surface area contributed by atoms with Gasteiger partial charge in [-0.15, -0.1) is 0 Å². The Morgan fingerprint density at radius 1 is 1.12 bits per heavy atom. The van der Waals surface area contributed by atoms with Crippen LogP contribution in [0.4, 0.5) is 5.69 Å². The molecular formula is C19H22N2O4. The molecule has 4 aliphatic rings. The minimum Gasteiger partial charge on any atom is -0.486 e. The molecule has 0 radical (unpaired) electrons. The van der Waals surface area contributed by atoms with E-state index in [9.17, 15) is 9.59 Å². The van der Waals surface area contributed by atoms with Crippen LogP contribution in [-0.4, -0.2) is 49.6 Å². The third-order valence-electron chi connectivity index (χ3n) is 5.83. The third-order valence-corrected chi connectivity index (χ3v) is 5.83. The van der Waals surface area contributed by atoms with Crippen LogP contribution in [0.15, 0.2) is 18.2 Å². The van der Waals surface area contributed by atoms with Crippen LogP contribution in [0, 0.1) is 11.3 Å². The molecule has 1 saturated carbocycles. The molecule has 0 N–H and O–H groups in total. The molecule has 6 heteroatoms. The minimum absolute atomic E-state index is 0.0884. The van der Waals surface area contributed by atoms with Crippen molar-refractivity contribution in [2.75, 3.05) is 37.7 Å². The quantitative estimate of drug-likeness (QED) is 0.823. The number of amides is 2.